The minimum atomic E-state index is -0.899. The van der Waals surface area contributed by atoms with Gasteiger partial charge in [0.15, 0.2) is 11.6 Å². The standard InChI is InChI=1S/C30H28ClN5O4S/c1-4-19-15-21(27(38)20-11-7-8-12-22(20)31)30(41-19)36-17(3)34-35-28(36)24(16-26(37)40-5-2)33-29(39)25-14-18-10-6-9-13-23(18)32-25/h6-15,24,32H,4-5,16H2,1-3H3,(H,33,39). The monoisotopic (exact) mass is 589 g/mol. The highest BCUT2D eigenvalue weighted by Crippen LogP contribution is 2.34. The molecular weight excluding hydrogens is 562 g/mol. The molecular formula is C30H28ClN5O4S. The first-order valence-electron chi connectivity index (χ1n) is 13.2. The molecule has 0 radical (unpaired) electrons. The lowest BCUT2D eigenvalue weighted by Gasteiger charge is -2.19. The van der Waals surface area contributed by atoms with Crippen molar-refractivity contribution in [3.63, 3.8) is 0 Å². The molecule has 41 heavy (non-hydrogen) atoms. The Kier molecular flexibility index (Phi) is 8.32. The van der Waals surface area contributed by atoms with Crippen LogP contribution in [0.3, 0.4) is 0 Å². The summed E-state index contributed by atoms with van der Waals surface area (Å²) in [4.78, 5) is 43.9. The van der Waals surface area contributed by atoms with E-state index in [-0.39, 0.29) is 18.8 Å². The summed E-state index contributed by atoms with van der Waals surface area (Å²) in [7, 11) is 0. The Balaban J connectivity index is 1.58. The van der Waals surface area contributed by atoms with Gasteiger partial charge in [-0.2, -0.15) is 0 Å². The van der Waals surface area contributed by atoms with E-state index in [1.54, 1.807) is 48.7 Å². The summed E-state index contributed by atoms with van der Waals surface area (Å²) in [5.41, 5.74) is 1.95. The molecule has 2 aromatic carbocycles. The fourth-order valence-corrected chi connectivity index (χ4v) is 5.97. The third kappa shape index (κ3) is 5.79. The number of esters is 1. The Hall–Kier alpha value is -4.28. The Morgan fingerprint density at radius 1 is 1.05 bits per heavy atom. The highest BCUT2D eigenvalue weighted by molar-refractivity contribution is 7.15. The summed E-state index contributed by atoms with van der Waals surface area (Å²) in [5, 5.41) is 13.4. The van der Waals surface area contributed by atoms with E-state index in [4.69, 9.17) is 16.3 Å². The number of rotatable bonds is 10. The van der Waals surface area contributed by atoms with Gasteiger partial charge in [-0.1, -0.05) is 48.9 Å². The van der Waals surface area contributed by atoms with Gasteiger partial charge in [-0.05, 0) is 50.6 Å². The molecule has 0 aliphatic rings. The number of amides is 1. The van der Waals surface area contributed by atoms with Crippen molar-refractivity contribution >= 4 is 51.5 Å². The van der Waals surface area contributed by atoms with Crippen LogP contribution < -0.4 is 5.32 Å². The smallest absolute Gasteiger partial charge is 0.308 e. The number of ketones is 1. The number of halogens is 1. The third-order valence-electron chi connectivity index (χ3n) is 6.60. The molecule has 1 amide bonds. The zero-order valence-corrected chi connectivity index (χ0v) is 24.3. The number of hydrogen-bond acceptors (Lipinski definition) is 7. The maximum atomic E-state index is 13.7. The van der Waals surface area contributed by atoms with Gasteiger partial charge in [-0.3, -0.25) is 19.0 Å². The zero-order chi connectivity index (χ0) is 29.1. The molecule has 1 unspecified atom stereocenters. The first-order valence-corrected chi connectivity index (χ1v) is 14.4. The van der Waals surface area contributed by atoms with E-state index in [1.807, 2.05) is 37.3 Å². The van der Waals surface area contributed by atoms with Crippen molar-refractivity contribution in [1.82, 2.24) is 25.1 Å². The van der Waals surface area contributed by atoms with Gasteiger partial charge in [0, 0.05) is 21.3 Å². The van der Waals surface area contributed by atoms with Gasteiger partial charge in [0.1, 0.15) is 22.6 Å². The fourth-order valence-electron chi connectivity index (χ4n) is 4.61. The third-order valence-corrected chi connectivity index (χ3v) is 8.19. The lowest BCUT2D eigenvalue weighted by Crippen LogP contribution is -2.33. The number of thiophene rings is 1. The molecule has 11 heteroatoms. The zero-order valence-electron chi connectivity index (χ0n) is 22.7. The normalized spacial score (nSPS) is 11.9. The van der Waals surface area contributed by atoms with Crippen molar-refractivity contribution in [3.05, 3.63) is 99.0 Å². The maximum absolute atomic E-state index is 13.7. The number of benzene rings is 2. The van der Waals surface area contributed by atoms with E-state index in [9.17, 15) is 14.4 Å². The van der Waals surface area contributed by atoms with E-state index in [1.165, 1.54) is 11.3 Å². The van der Waals surface area contributed by atoms with Gasteiger partial charge >= 0.3 is 5.97 Å². The number of carbonyl (C=O) groups excluding carboxylic acids is 3. The van der Waals surface area contributed by atoms with Crippen LogP contribution >= 0.6 is 22.9 Å². The number of fused-ring (bicyclic) bond motifs is 1. The number of aromatic amines is 1. The summed E-state index contributed by atoms with van der Waals surface area (Å²) in [6.45, 7) is 5.66. The molecule has 0 saturated heterocycles. The van der Waals surface area contributed by atoms with Crippen LogP contribution in [0.5, 0.6) is 0 Å². The van der Waals surface area contributed by atoms with Crippen LogP contribution in [0.15, 0.2) is 60.7 Å². The molecule has 210 valence electrons. The minimum absolute atomic E-state index is 0.183. The summed E-state index contributed by atoms with van der Waals surface area (Å²) >= 11 is 7.80. The molecule has 0 saturated carbocycles. The summed E-state index contributed by atoms with van der Waals surface area (Å²) in [6, 6.07) is 17.1. The van der Waals surface area contributed by atoms with Crippen LogP contribution in [0.1, 0.15) is 69.2 Å². The Bertz CT molecular complexity index is 1720. The molecule has 0 aliphatic heterocycles. The quantitative estimate of drug-likeness (QED) is 0.153. The van der Waals surface area contributed by atoms with E-state index in [0.717, 1.165) is 15.8 Å². The molecule has 3 aromatic heterocycles. The number of hydrogen-bond donors (Lipinski definition) is 2. The van der Waals surface area contributed by atoms with Gasteiger partial charge in [0.25, 0.3) is 5.91 Å². The molecule has 3 heterocycles. The predicted octanol–water partition coefficient (Wildman–Crippen LogP) is 5.99. The van der Waals surface area contributed by atoms with Gasteiger partial charge in [0.2, 0.25) is 0 Å². The second kappa shape index (κ2) is 12.1. The summed E-state index contributed by atoms with van der Waals surface area (Å²) < 4.78 is 6.94. The predicted molar refractivity (Wildman–Crippen MR) is 158 cm³/mol. The van der Waals surface area contributed by atoms with Crippen LogP contribution in [0.25, 0.3) is 15.9 Å². The molecule has 9 nitrogen and oxygen atoms in total. The average molecular weight is 590 g/mol. The topological polar surface area (TPSA) is 119 Å². The maximum Gasteiger partial charge on any atom is 0.308 e. The number of nitrogens with one attached hydrogen (secondary N) is 2. The number of aromatic nitrogens is 4. The van der Waals surface area contributed by atoms with Crippen LogP contribution in [-0.4, -0.2) is 44.0 Å². The number of nitrogens with zero attached hydrogens (tertiary/aromatic N) is 3. The molecule has 5 aromatic rings. The molecule has 5 rings (SSSR count). The molecule has 1 atom stereocenters. The lowest BCUT2D eigenvalue weighted by atomic mass is 10.0. The molecule has 0 aliphatic carbocycles. The summed E-state index contributed by atoms with van der Waals surface area (Å²) in [6.07, 6.45) is 0.519. The first-order chi connectivity index (χ1) is 19.8. The van der Waals surface area contributed by atoms with Crippen LogP contribution in [0, 0.1) is 6.92 Å². The average Bonchev–Trinajstić information content (AvgIpc) is 3.69. The molecule has 0 fully saturated rings. The number of aryl methyl sites for hydroxylation is 2. The van der Waals surface area contributed by atoms with Crippen molar-refractivity contribution in [2.75, 3.05) is 6.61 Å². The minimum Gasteiger partial charge on any atom is -0.466 e. The van der Waals surface area contributed by atoms with Crippen LogP contribution in [0.4, 0.5) is 0 Å². The number of ether oxygens (including phenoxy) is 1. The number of H-pyrrole nitrogens is 1. The second-order valence-corrected chi connectivity index (χ2v) is 10.9. The van der Waals surface area contributed by atoms with Gasteiger partial charge in [-0.25, -0.2) is 0 Å². The Morgan fingerprint density at radius 2 is 1.80 bits per heavy atom. The van der Waals surface area contributed by atoms with E-state index in [0.29, 0.717) is 44.9 Å². The van der Waals surface area contributed by atoms with Crippen LogP contribution in [-0.2, 0) is 16.0 Å². The number of para-hydroxylation sites is 1. The summed E-state index contributed by atoms with van der Waals surface area (Å²) in [5.74, 6) is -0.376. The van der Waals surface area contributed by atoms with E-state index < -0.39 is 17.9 Å². The van der Waals surface area contributed by atoms with Gasteiger partial charge < -0.3 is 15.0 Å². The first kappa shape index (κ1) is 28.3. The number of carbonyl (C=O) groups is 3. The van der Waals surface area contributed by atoms with Crippen LogP contribution in [0.2, 0.25) is 5.02 Å². The van der Waals surface area contributed by atoms with Gasteiger partial charge in [0.05, 0.1) is 23.6 Å². The molecule has 0 bridgehead atoms. The van der Waals surface area contributed by atoms with Crippen molar-refractivity contribution in [3.8, 4) is 5.00 Å². The largest absolute Gasteiger partial charge is 0.466 e. The van der Waals surface area contributed by atoms with Crippen molar-refractivity contribution in [2.45, 2.75) is 39.7 Å². The Morgan fingerprint density at radius 3 is 2.54 bits per heavy atom. The molecule has 2 N–H and O–H groups in total. The van der Waals surface area contributed by atoms with Crippen molar-refractivity contribution in [1.29, 1.82) is 0 Å². The molecule has 0 spiro atoms. The highest BCUT2D eigenvalue weighted by Gasteiger charge is 2.30. The Labute approximate surface area is 245 Å². The van der Waals surface area contributed by atoms with E-state index in [2.05, 4.69) is 20.5 Å². The van der Waals surface area contributed by atoms with Gasteiger partial charge in [-0.15, -0.1) is 21.5 Å². The van der Waals surface area contributed by atoms with Crippen molar-refractivity contribution in [2.24, 2.45) is 0 Å². The fraction of sp³-hybridized carbons (Fsp3) is 0.233. The SMILES string of the molecule is CCOC(=O)CC(NC(=O)c1cc2ccccc2[nH]1)c1nnc(C)n1-c1sc(CC)cc1C(=O)c1ccccc1Cl. The van der Waals surface area contributed by atoms with Crippen molar-refractivity contribution < 1.29 is 19.1 Å². The second-order valence-electron chi connectivity index (χ2n) is 9.34. The lowest BCUT2D eigenvalue weighted by molar-refractivity contribution is -0.143. The highest BCUT2D eigenvalue weighted by atomic mass is 35.5. The van der Waals surface area contributed by atoms with E-state index >= 15 is 0 Å².